The third-order valence-electron chi connectivity index (χ3n) is 2.39. The van der Waals surface area contributed by atoms with Gasteiger partial charge in [0.05, 0.1) is 12.7 Å². The summed E-state index contributed by atoms with van der Waals surface area (Å²) in [5.41, 5.74) is 0.534. The van der Waals surface area contributed by atoms with Crippen molar-refractivity contribution in [3.63, 3.8) is 0 Å². The predicted molar refractivity (Wildman–Crippen MR) is 63.1 cm³/mol. The van der Waals surface area contributed by atoms with E-state index in [0.29, 0.717) is 16.7 Å². The number of aromatic amines is 1. The average molecular weight is 304 g/mol. The Morgan fingerprint density at radius 2 is 2.18 bits per heavy atom. The molecule has 0 amide bonds. The standard InChI is InChI=1S/C11H8BrF2NO2/c1-17-6-2-3-9-7(4-6)8(5-15-9)10(16)11(12,13)14/h2-5,15H,1H3. The van der Waals surface area contributed by atoms with Crippen LogP contribution in [-0.2, 0) is 0 Å². The molecule has 0 radical (unpaired) electrons. The molecule has 0 aliphatic rings. The lowest BCUT2D eigenvalue weighted by molar-refractivity contribution is 0.0594. The van der Waals surface area contributed by atoms with E-state index in [1.807, 2.05) is 0 Å². The Balaban J connectivity index is 2.59. The first kappa shape index (κ1) is 12.0. The topological polar surface area (TPSA) is 42.1 Å². The maximum Gasteiger partial charge on any atom is 0.363 e. The number of ketones is 1. The number of aromatic nitrogens is 1. The number of carbonyl (C=O) groups is 1. The number of alkyl halides is 3. The largest absolute Gasteiger partial charge is 0.497 e. The maximum atomic E-state index is 12.9. The molecule has 0 spiro atoms. The first-order valence-electron chi connectivity index (χ1n) is 4.70. The van der Waals surface area contributed by atoms with Crippen LogP contribution in [0.4, 0.5) is 8.78 Å². The van der Waals surface area contributed by atoms with E-state index in [9.17, 15) is 13.6 Å². The van der Waals surface area contributed by atoms with Crippen molar-refractivity contribution in [3.05, 3.63) is 30.0 Å². The van der Waals surface area contributed by atoms with Crippen molar-refractivity contribution in [2.45, 2.75) is 4.83 Å². The molecule has 6 heteroatoms. The normalized spacial score (nSPS) is 11.8. The number of methoxy groups -OCH3 is 1. The van der Waals surface area contributed by atoms with Gasteiger partial charge < -0.3 is 9.72 Å². The Morgan fingerprint density at radius 3 is 2.76 bits per heavy atom. The molecule has 0 atom stereocenters. The SMILES string of the molecule is COc1ccc2[nH]cc(C(=O)C(F)(F)Br)c2c1. The molecule has 3 nitrogen and oxygen atoms in total. The number of fused-ring (bicyclic) bond motifs is 1. The summed E-state index contributed by atoms with van der Waals surface area (Å²) in [6, 6.07) is 4.88. The lowest BCUT2D eigenvalue weighted by atomic mass is 10.1. The lowest BCUT2D eigenvalue weighted by Crippen LogP contribution is -2.20. The van der Waals surface area contributed by atoms with Gasteiger partial charge in [0.15, 0.2) is 0 Å². The Bertz CT molecular complexity index is 574. The molecule has 0 saturated carbocycles. The Hall–Kier alpha value is -1.43. The molecule has 2 aromatic rings. The summed E-state index contributed by atoms with van der Waals surface area (Å²) < 4.78 is 30.8. The fraction of sp³-hybridized carbons (Fsp3) is 0.182. The highest BCUT2D eigenvalue weighted by Gasteiger charge is 2.37. The van der Waals surface area contributed by atoms with Crippen LogP contribution in [0.1, 0.15) is 10.4 Å². The van der Waals surface area contributed by atoms with Gasteiger partial charge in [0, 0.05) is 17.1 Å². The van der Waals surface area contributed by atoms with Gasteiger partial charge in [-0.1, -0.05) is 0 Å². The smallest absolute Gasteiger partial charge is 0.363 e. The third-order valence-corrected chi connectivity index (χ3v) is 2.75. The van der Waals surface area contributed by atoms with E-state index in [2.05, 4.69) is 20.9 Å². The van der Waals surface area contributed by atoms with Crippen LogP contribution in [0.2, 0.25) is 0 Å². The second-order valence-corrected chi connectivity index (χ2v) is 4.44. The van der Waals surface area contributed by atoms with Crippen LogP contribution >= 0.6 is 15.9 Å². The summed E-state index contributed by atoms with van der Waals surface area (Å²) >= 11 is 2.06. The lowest BCUT2D eigenvalue weighted by Gasteiger charge is -2.06. The van der Waals surface area contributed by atoms with Gasteiger partial charge in [0.25, 0.3) is 0 Å². The van der Waals surface area contributed by atoms with Crippen LogP contribution in [0.3, 0.4) is 0 Å². The first-order valence-corrected chi connectivity index (χ1v) is 5.49. The van der Waals surface area contributed by atoms with Gasteiger partial charge in [-0.3, -0.25) is 4.79 Å². The Labute approximate surface area is 104 Å². The fourth-order valence-electron chi connectivity index (χ4n) is 1.57. The monoisotopic (exact) mass is 303 g/mol. The van der Waals surface area contributed by atoms with Crippen LogP contribution in [-0.4, -0.2) is 22.7 Å². The zero-order valence-electron chi connectivity index (χ0n) is 8.76. The minimum Gasteiger partial charge on any atom is -0.497 e. The number of carbonyl (C=O) groups excluding carboxylic acids is 1. The number of hydrogen-bond acceptors (Lipinski definition) is 2. The van der Waals surface area contributed by atoms with Crippen molar-refractivity contribution in [2.24, 2.45) is 0 Å². The number of halogens is 3. The summed E-state index contributed by atoms with van der Waals surface area (Å²) in [5.74, 6) is -0.777. The van der Waals surface area contributed by atoms with E-state index in [0.717, 1.165) is 0 Å². The molecule has 0 fully saturated rings. The number of Topliss-reactive ketones (excluding diaryl/α,β-unsaturated/α-hetero) is 1. The van der Waals surface area contributed by atoms with Gasteiger partial charge in [-0.25, -0.2) is 0 Å². The van der Waals surface area contributed by atoms with Crippen LogP contribution in [0, 0.1) is 0 Å². The molecular formula is C11H8BrF2NO2. The molecule has 2 rings (SSSR count). The third kappa shape index (κ3) is 2.17. The molecular weight excluding hydrogens is 296 g/mol. The molecule has 1 aromatic carbocycles. The Kier molecular flexibility index (Phi) is 2.91. The highest BCUT2D eigenvalue weighted by Crippen LogP contribution is 2.31. The first-order chi connectivity index (χ1) is 7.93. The zero-order valence-corrected chi connectivity index (χ0v) is 10.3. The van der Waals surface area contributed by atoms with Gasteiger partial charge in [-0.05, 0) is 34.1 Å². The van der Waals surface area contributed by atoms with Crippen molar-refractivity contribution in [1.29, 1.82) is 0 Å². The van der Waals surface area contributed by atoms with Crippen molar-refractivity contribution in [1.82, 2.24) is 4.98 Å². The molecule has 1 N–H and O–H groups in total. The fourth-order valence-corrected chi connectivity index (χ4v) is 1.78. The van der Waals surface area contributed by atoms with Gasteiger partial charge in [0.2, 0.25) is 5.78 Å². The minimum absolute atomic E-state index is 0.0687. The number of hydrogen-bond donors (Lipinski definition) is 1. The zero-order chi connectivity index (χ0) is 12.6. The quantitative estimate of drug-likeness (QED) is 0.698. The minimum atomic E-state index is -3.56. The Morgan fingerprint density at radius 1 is 1.47 bits per heavy atom. The second-order valence-electron chi connectivity index (χ2n) is 3.44. The number of H-pyrrole nitrogens is 1. The molecule has 0 aliphatic carbocycles. The van der Waals surface area contributed by atoms with Gasteiger partial charge in [-0.2, -0.15) is 8.78 Å². The summed E-state index contributed by atoms with van der Waals surface area (Å²) in [6.07, 6.45) is 1.27. The van der Waals surface area contributed by atoms with Gasteiger partial charge in [-0.15, -0.1) is 0 Å². The van der Waals surface area contributed by atoms with E-state index < -0.39 is 10.6 Å². The molecule has 1 heterocycles. The molecule has 17 heavy (non-hydrogen) atoms. The van der Waals surface area contributed by atoms with Crippen molar-refractivity contribution >= 4 is 32.6 Å². The molecule has 0 unspecified atom stereocenters. The molecule has 0 bridgehead atoms. The predicted octanol–water partition coefficient (Wildman–Crippen LogP) is 3.35. The highest BCUT2D eigenvalue weighted by atomic mass is 79.9. The van der Waals surface area contributed by atoms with E-state index in [-0.39, 0.29) is 5.56 Å². The number of rotatable bonds is 3. The molecule has 90 valence electrons. The molecule has 0 saturated heterocycles. The summed E-state index contributed by atoms with van der Waals surface area (Å²) in [6.45, 7) is 0. The van der Waals surface area contributed by atoms with Crippen molar-refractivity contribution in [3.8, 4) is 5.75 Å². The van der Waals surface area contributed by atoms with Crippen LogP contribution < -0.4 is 4.74 Å². The average Bonchev–Trinajstić information content (AvgIpc) is 2.69. The van der Waals surface area contributed by atoms with E-state index in [1.165, 1.54) is 19.4 Å². The van der Waals surface area contributed by atoms with Gasteiger partial charge >= 0.3 is 4.83 Å². The van der Waals surface area contributed by atoms with Crippen molar-refractivity contribution < 1.29 is 18.3 Å². The number of benzene rings is 1. The maximum absolute atomic E-state index is 12.9. The second kappa shape index (κ2) is 4.10. The van der Waals surface area contributed by atoms with E-state index in [1.54, 1.807) is 12.1 Å². The van der Waals surface area contributed by atoms with Gasteiger partial charge in [0.1, 0.15) is 5.75 Å². The number of ether oxygens (including phenoxy) is 1. The van der Waals surface area contributed by atoms with Crippen LogP contribution in [0.5, 0.6) is 5.75 Å². The van der Waals surface area contributed by atoms with Crippen LogP contribution in [0.15, 0.2) is 24.4 Å². The highest BCUT2D eigenvalue weighted by molar-refractivity contribution is 9.10. The number of nitrogens with one attached hydrogen (secondary N) is 1. The van der Waals surface area contributed by atoms with E-state index in [4.69, 9.17) is 4.74 Å². The summed E-state index contributed by atoms with van der Waals surface area (Å²) in [5, 5.41) is 0.411. The molecule has 1 aromatic heterocycles. The summed E-state index contributed by atoms with van der Waals surface area (Å²) in [7, 11) is 1.47. The van der Waals surface area contributed by atoms with Crippen molar-refractivity contribution in [2.75, 3.05) is 7.11 Å². The summed E-state index contributed by atoms with van der Waals surface area (Å²) in [4.78, 5) is 10.7. The van der Waals surface area contributed by atoms with E-state index >= 15 is 0 Å². The molecule has 0 aliphatic heterocycles. The van der Waals surface area contributed by atoms with Crippen LogP contribution in [0.25, 0.3) is 10.9 Å².